The third-order valence-electron chi connectivity index (χ3n) is 3.62. The van der Waals surface area contributed by atoms with Gasteiger partial charge in [-0.15, -0.1) is 5.10 Å². The molecule has 2 N–H and O–H groups in total. The van der Waals surface area contributed by atoms with Gasteiger partial charge in [0, 0.05) is 0 Å². The minimum absolute atomic E-state index is 0.0788. The summed E-state index contributed by atoms with van der Waals surface area (Å²) in [6.45, 7) is 3.34. The second kappa shape index (κ2) is 7.87. The lowest BCUT2D eigenvalue weighted by molar-refractivity contribution is -0.143. The van der Waals surface area contributed by atoms with Gasteiger partial charge < -0.3 is 9.30 Å². The highest BCUT2D eigenvalue weighted by molar-refractivity contribution is 7.89. The molecular weight excluding hydrogens is 426 g/mol. The van der Waals surface area contributed by atoms with E-state index in [1.54, 1.807) is 13.8 Å². The number of esters is 1. The number of thiazole rings is 1. The number of rotatable bonds is 5. The second-order valence-corrected chi connectivity index (χ2v) is 8.88. The van der Waals surface area contributed by atoms with E-state index in [9.17, 15) is 18.0 Å². The summed E-state index contributed by atoms with van der Waals surface area (Å²) in [5.74, 6) is -1.06. The fraction of sp³-hybridized carbons (Fsp3) is 0.267. The highest BCUT2D eigenvalue weighted by Gasteiger charge is 2.17. The Hall–Kier alpha value is -2.48. The van der Waals surface area contributed by atoms with Crippen LogP contribution in [0, 0.1) is 6.92 Å². The van der Waals surface area contributed by atoms with E-state index in [1.807, 2.05) is 0 Å². The Kier molecular flexibility index (Phi) is 5.69. The average molecular weight is 442 g/mol. The molecule has 3 aromatic rings. The van der Waals surface area contributed by atoms with Gasteiger partial charge in [-0.05, 0) is 43.6 Å². The third-order valence-corrected chi connectivity index (χ3v) is 6.39. The molecule has 2 heterocycles. The van der Waals surface area contributed by atoms with Crippen LogP contribution in [0.5, 0.6) is 0 Å². The minimum Gasteiger partial charge on any atom is -0.465 e. The van der Waals surface area contributed by atoms with Gasteiger partial charge in [-0.3, -0.25) is 9.59 Å². The lowest BCUT2D eigenvalue weighted by atomic mass is 10.3. The molecule has 0 bridgehead atoms. The average Bonchev–Trinajstić information content (AvgIpc) is 3.18. The molecule has 28 heavy (non-hydrogen) atoms. The van der Waals surface area contributed by atoms with Crippen LogP contribution in [0.4, 0.5) is 0 Å². The van der Waals surface area contributed by atoms with Crippen LogP contribution < -0.4 is 9.94 Å². The van der Waals surface area contributed by atoms with Gasteiger partial charge >= 0.3 is 5.97 Å². The van der Waals surface area contributed by atoms with E-state index < -0.39 is 21.9 Å². The van der Waals surface area contributed by atoms with Crippen molar-refractivity contribution >= 4 is 55.0 Å². The maximum absolute atomic E-state index is 12.5. The first-order valence-electron chi connectivity index (χ1n) is 7.90. The number of hydrogen-bond donors (Lipinski definition) is 1. The van der Waals surface area contributed by atoms with Gasteiger partial charge in [-0.1, -0.05) is 15.8 Å². The number of hydrogen-bond acceptors (Lipinski definition) is 9. The van der Waals surface area contributed by atoms with Gasteiger partial charge in [0.25, 0.3) is 5.91 Å². The number of sulfonamides is 1. The van der Waals surface area contributed by atoms with E-state index in [1.165, 1.54) is 22.8 Å². The number of primary sulfonamides is 1. The molecule has 0 fully saturated rings. The Balaban J connectivity index is 2.18. The molecule has 0 unspecified atom stereocenters. The largest absolute Gasteiger partial charge is 0.465 e. The number of carbonyl (C=O) groups is 2. The zero-order valence-corrected chi connectivity index (χ0v) is 17.2. The van der Waals surface area contributed by atoms with Crippen molar-refractivity contribution in [2.24, 2.45) is 10.1 Å². The number of nitrogens with zero attached hydrogens (tertiary/aromatic N) is 4. The molecule has 0 saturated carbocycles. The molecule has 0 saturated heterocycles. The molecule has 13 heteroatoms. The van der Waals surface area contributed by atoms with Crippen LogP contribution in [0.3, 0.4) is 0 Å². The molecule has 0 radical (unpaired) electrons. The molecule has 10 nitrogen and oxygen atoms in total. The van der Waals surface area contributed by atoms with Crippen molar-refractivity contribution in [3.05, 3.63) is 33.6 Å². The van der Waals surface area contributed by atoms with Gasteiger partial charge in [0.1, 0.15) is 11.4 Å². The summed E-state index contributed by atoms with van der Waals surface area (Å²) in [4.78, 5) is 29.0. The summed E-state index contributed by atoms with van der Waals surface area (Å²) in [7, 11) is -3.90. The van der Waals surface area contributed by atoms with Gasteiger partial charge in [-0.2, -0.15) is 4.99 Å². The number of fused-ring (bicyclic) bond motifs is 1. The second-order valence-electron chi connectivity index (χ2n) is 5.55. The van der Waals surface area contributed by atoms with Crippen molar-refractivity contribution in [2.45, 2.75) is 25.3 Å². The molecule has 1 amide bonds. The summed E-state index contributed by atoms with van der Waals surface area (Å²) >= 11 is 1.98. The lowest BCUT2D eigenvalue weighted by Gasteiger charge is -2.05. The number of aryl methyl sites for hydroxylation is 1. The van der Waals surface area contributed by atoms with Crippen molar-refractivity contribution in [1.29, 1.82) is 0 Å². The predicted molar refractivity (Wildman–Crippen MR) is 102 cm³/mol. The molecule has 0 aliphatic heterocycles. The van der Waals surface area contributed by atoms with E-state index in [-0.39, 0.29) is 27.7 Å². The number of benzene rings is 1. The van der Waals surface area contributed by atoms with Crippen LogP contribution in [0.15, 0.2) is 28.1 Å². The highest BCUT2D eigenvalue weighted by Crippen LogP contribution is 2.22. The summed E-state index contributed by atoms with van der Waals surface area (Å²) in [6, 6.07) is 4.21. The summed E-state index contributed by atoms with van der Waals surface area (Å²) in [5.41, 5.74) is 0.976. The van der Waals surface area contributed by atoms with Crippen LogP contribution in [0.25, 0.3) is 10.2 Å². The monoisotopic (exact) mass is 441 g/mol. The van der Waals surface area contributed by atoms with Crippen LogP contribution in [0.1, 0.15) is 22.3 Å². The van der Waals surface area contributed by atoms with E-state index in [2.05, 4.69) is 14.6 Å². The van der Waals surface area contributed by atoms with Crippen molar-refractivity contribution in [2.75, 3.05) is 6.61 Å². The SMILES string of the molecule is CCOC(=O)Cn1c(=NC(=O)c2snnc2C)sc2cc(S(N)(=O)=O)ccc21. The van der Waals surface area contributed by atoms with E-state index in [0.29, 0.717) is 15.9 Å². The Bertz CT molecular complexity index is 1240. The number of amides is 1. The number of carbonyl (C=O) groups excluding carboxylic acids is 2. The molecule has 0 aliphatic rings. The van der Waals surface area contributed by atoms with Gasteiger partial charge in [0.15, 0.2) is 4.80 Å². The fourth-order valence-electron chi connectivity index (χ4n) is 2.37. The number of nitrogens with two attached hydrogens (primary N) is 1. The molecule has 0 aliphatic carbocycles. The minimum atomic E-state index is -3.90. The van der Waals surface area contributed by atoms with E-state index in [0.717, 1.165) is 22.9 Å². The molecule has 0 spiro atoms. The van der Waals surface area contributed by atoms with Crippen molar-refractivity contribution < 1.29 is 22.7 Å². The summed E-state index contributed by atoms with van der Waals surface area (Å²) in [6.07, 6.45) is 0. The molecular formula is C15H15N5O5S3. The zero-order valence-electron chi connectivity index (χ0n) is 14.8. The van der Waals surface area contributed by atoms with Crippen LogP contribution in [0.2, 0.25) is 0 Å². The molecule has 1 aromatic carbocycles. The van der Waals surface area contributed by atoms with Crippen molar-refractivity contribution in [3.8, 4) is 0 Å². The third kappa shape index (κ3) is 4.16. The Labute approximate surface area is 167 Å². The van der Waals surface area contributed by atoms with E-state index in [4.69, 9.17) is 9.88 Å². The predicted octanol–water partition coefficient (Wildman–Crippen LogP) is 0.814. The van der Waals surface area contributed by atoms with Gasteiger partial charge in [0.2, 0.25) is 10.0 Å². The smallest absolute Gasteiger partial charge is 0.326 e. The fourth-order valence-corrected chi connectivity index (χ4v) is 4.59. The molecule has 3 rings (SSSR count). The summed E-state index contributed by atoms with van der Waals surface area (Å²) < 4.78 is 33.9. The van der Waals surface area contributed by atoms with Crippen molar-refractivity contribution in [1.82, 2.24) is 14.2 Å². The Morgan fingerprint density at radius 3 is 2.71 bits per heavy atom. The number of aromatic nitrogens is 3. The maximum atomic E-state index is 12.5. The van der Waals surface area contributed by atoms with Crippen LogP contribution in [-0.4, -0.2) is 41.1 Å². The maximum Gasteiger partial charge on any atom is 0.326 e. The topological polar surface area (TPSA) is 147 Å². The van der Waals surface area contributed by atoms with Crippen LogP contribution >= 0.6 is 22.9 Å². The first kappa shape index (κ1) is 20.3. The van der Waals surface area contributed by atoms with Crippen molar-refractivity contribution in [3.63, 3.8) is 0 Å². The highest BCUT2D eigenvalue weighted by atomic mass is 32.2. The molecule has 0 atom stereocenters. The lowest BCUT2D eigenvalue weighted by Crippen LogP contribution is -2.23. The normalized spacial score (nSPS) is 12.5. The van der Waals surface area contributed by atoms with Gasteiger partial charge in [0.05, 0.1) is 27.4 Å². The Morgan fingerprint density at radius 1 is 1.36 bits per heavy atom. The zero-order chi connectivity index (χ0) is 20.5. The first-order chi connectivity index (χ1) is 13.2. The summed E-state index contributed by atoms with van der Waals surface area (Å²) in [5, 5.41) is 8.97. The van der Waals surface area contributed by atoms with Crippen LogP contribution in [-0.2, 0) is 26.1 Å². The Morgan fingerprint density at radius 2 is 2.11 bits per heavy atom. The number of ether oxygens (including phenoxy) is 1. The molecule has 2 aromatic heterocycles. The first-order valence-corrected chi connectivity index (χ1v) is 11.0. The standard InChI is InChI=1S/C15H15N5O5S3/c1-3-25-12(21)7-20-10-5-4-9(28(16,23)24)6-11(10)26-15(20)17-14(22)13-8(2)18-19-27-13/h4-6H,3,7H2,1-2H3,(H2,16,23,24). The van der Waals surface area contributed by atoms with E-state index >= 15 is 0 Å². The molecule has 148 valence electrons. The quantitative estimate of drug-likeness (QED) is 0.576. The van der Waals surface area contributed by atoms with Gasteiger partial charge in [-0.25, -0.2) is 13.6 Å².